The summed E-state index contributed by atoms with van der Waals surface area (Å²) < 4.78 is 33.7. The van der Waals surface area contributed by atoms with Crippen LogP contribution in [0.2, 0.25) is 0 Å². The van der Waals surface area contributed by atoms with Crippen LogP contribution in [0.3, 0.4) is 0 Å². The largest absolute Gasteiger partial charge is 0.377 e. The number of rotatable bonds is 11. The molecule has 0 bridgehead atoms. The predicted molar refractivity (Wildman–Crippen MR) is 81.7 cm³/mol. The zero-order valence-electron chi connectivity index (χ0n) is 13.0. The number of nitrogens with zero attached hydrogens (tertiary/aromatic N) is 2. The van der Waals surface area contributed by atoms with Gasteiger partial charge in [-0.3, -0.25) is 4.68 Å². The number of sulfonamides is 1. The Labute approximate surface area is 127 Å². The molecule has 1 unspecified atom stereocenters. The maximum absolute atomic E-state index is 12.1. The van der Waals surface area contributed by atoms with Gasteiger partial charge in [0.1, 0.15) is 4.90 Å². The molecule has 0 aliphatic rings. The fourth-order valence-corrected chi connectivity index (χ4v) is 2.87. The quantitative estimate of drug-likeness (QED) is 0.583. The van der Waals surface area contributed by atoms with E-state index in [1.807, 2.05) is 20.8 Å². The second-order valence-corrected chi connectivity index (χ2v) is 6.53. The fourth-order valence-electron chi connectivity index (χ4n) is 1.80. The summed E-state index contributed by atoms with van der Waals surface area (Å²) in [4.78, 5) is 0.189. The molecular weight excluding hydrogens is 292 g/mol. The van der Waals surface area contributed by atoms with Crippen molar-refractivity contribution < 1.29 is 13.2 Å². The van der Waals surface area contributed by atoms with Crippen molar-refractivity contribution in [2.75, 3.05) is 26.2 Å². The minimum absolute atomic E-state index is 0.153. The zero-order chi connectivity index (χ0) is 15.7. The smallest absolute Gasteiger partial charge is 0.243 e. The van der Waals surface area contributed by atoms with Crippen molar-refractivity contribution >= 4 is 10.0 Å². The van der Waals surface area contributed by atoms with Crippen LogP contribution in [0.1, 0.15) is 27.2 Å². The Bertz CT molecular complexity index is 501. The monoisotopic (exact) mass is 318 g/mol. The molecule has 1 rings (SSSR count). The molecule has 0 saturated heterocycles. The van der Waals surface area contributed by atoms with Crippen LogP contribution >= 0.6 is 0 Å². The summed E-state index contributed by atoms with van der Waals surface area (Å²) >= 11 is 0. The SMILES string of the molecule is CCNCCCn1cc(S(=O)(=O)NCC(C)OCC)cn1. The minimum Gasteiger partial charge on any atom is -0.377 e. The highest BCUT2D eigenvalue weighted by Gasteiger charge is 2.17. The molecule has 1 aromatic heterocycles. The van der Waals surface area contributed by atoms with Crippen LogP contribution in [0.15, 0.2) is 17.3 Å². The Morgan fingerprint density at radius 1 is 1.43 bits per heavy atom. The molecule has 0 aliphatic heterocycles. The van der Waals surface area contributed by atoms with E-state index < -0.39 is 10.0 Å². The highest BCUT2D eigenvalue weighted by molar-refractivity contribution is 7.89. The molecule has 122 valence electrons. The van der Waals surface area contributed by atoms with Crippen molar-refractivity contribution in [2.45, 2.75) is 44.7 Å². The zero-order valence-corrected chi connectivity index (χ0v) is 13.8. The van der Waals surface area contributed by atoms with E-state index >= 15 is 0 Å². The third kappa shape index (κ3) is 6.56. The van der Waals surface area contributed by atoms with Gasteiger partial charge >= 0.3 is 0 Å². The third-order valence-electron chi connectivity index (χ3n) is 2.92. The summed E-state index contributed by atoms with van der Waals surface area (Å²) in [5.74, 6) is 0. The Kier molecular flexibility index (Phi) is 7.87. The summed E-state index contributed by atoms with van der Waals surface area (Å²) in [5.41, 5.74) is 0. The van der Waals surface area contributed by atoms with Gasteiger partial charge in [-0.1, -0.05) is 6.92 Å². The van der Waals surface area contributed by atoms with Crippen molar-refractivity contribution in [2.24, 2.45) is 0 Å². The van der Waals surface area contributed by atoms with Crippen molar-refractivity contribution in [1.29, 1.82) is 0 Å². The first-order valence-electron chi connectivity index (χ1n) is 7.34. The van der Waals surface area contributed by atoms with Gasteiger partial charge in [0.2, 0.25) is 10.0 Å². The molecule has 7 nitrogen and oxygen atoms in total. The molecule has 1 heterocycles. The summed E-state index contributed by atoms with van der Waals surface area (Å²) in [6.07, 6.45) is 3.68. The van der Waals surface area contributed by atoms with Gasteiger partial charge in [0, 0.05) is 25.9 Å². The van der Waals surface area contributed by atoms with Gasteiger partial charge < -0.3 is 10.1 Å². The van der Waals surface area contributed by atoms with Gasteiger partial charge in [0.15, 0.2) is 0 Å². The highest BCUT2D eigenvalue weighted by Crippen LogP contribution is 2.07. The molecule has 0 aliphatic carbocycles. The number of ether oxygens (including phenoxy) is 1. The normalized spacial score (nSPS) is 13.5. The molecule has 0 saturated carbocycles. The van der Waals surface area contributed by atoms with Crippen molar-refractivity contribution in [1.82, 2.24) is 19.8 Å². The van der Waals surface area contributed by atoms with Crippen LogP contribution < -0.4 is 10.0 Å². The minimum atomic E-state index is -3.52. The van der Waals surface area contributed by atoms with Crippen molar-refractivity contribution in [3.63, 3.8) is 0 Å². The molecule has 0 aromatic carbocycles. The number of nitrogens with one attached hydrogen (secondary N) is 2. The third-order valence-corrected chi connectivity index (χ3v) is 4.30. The molecule has 0 amide bonds. The molecule has 0 fully saturated rings. The van der Waals surface area contributed by atoms with Gasteiger partial charge in [-0.25, -0.2) is 13.1 Å². The lowest BCUT2D eigenvalue weighted by molar-refractivity contribution is 0.0799. The average molecular weight is 318 g/mol. The van der Waals surface area contributed by atoms with Gasteiger partial charge in [-0.2, -0.15) is 5.10 Å². The summed E-state index contributed by atoms with van der Waals surface area (Å²) in [6.45, 7) is 9.08. The summed E-state index contributed by atoms with van der Waals surface area (Å²) in [7, 11) is -3.52. The average Bonchev–Trinajstić information content (AvgIpc) is 2.92. The van der Waals surface area contributed by atoms with Crippen molar-refractivity contribution in [3.8, 4) is 0 Å². The van der Waals surface area contributed by atoms with Crippen LogP contribution in [0, 0.1) is 0 Å². The van der Waals surface area contributed by atoms with Crippen LogP contribution in [0.4, 0.5) is 0 Å². The van der Waals surface area contributed by atoms with E-state index in [4.69, 9.17) is 4.74 Å². The van der Waals surface area contributed by atoms with Gasteiger partial charge in [-0.05, 0) is 33.4 Å². The predicted octanol–water partition coefficient (Wildman–Crippen LogP) is 0.586. The summed E-state index contributed by atoms with van der Waals surface area (Å²) in [5, 5.41) is 7.30. The van der Waals surface area contributed by atoms with Gasteiger partial charge in [-0.15, -0.1) is 0 Å². The van der Waals surface area contributed by atoms with E-state index in [0.717, 1.165) is 19.5 Å². The number of aryl methyl sites for hydroxylation is 1. The van der Waals surface area contributed by atoms with Crippen LogP contribution in [0.25, 0.3) is 0 Å². The maximum Gasteiger partial charge on any atom is 0.243 e. The molecule has 2 N–H and O–H groups in total. The molecule has 1 atom stereocenters. The van der Waals surface area contributed by atoms with Gasteiger partial charge in [0.25, 0.3) is 0 Å². The lowest BCUT2D eigenvalue weighted by Crippen LogP contribution is -2.32. The van der Waals surface area contributed by atoms with Gasteiger partial charge in [0.05, 0.1) is 12.3 Å². The Morgan fingerprint density at radius 3 is 2.86 bits per heavy atom. The lowest BCUT2D eigenvalue weighted by atomic mass is 10.4. The standard InChI is InChI=1S/C13H26N4O3S/c1-4-14-7-6-8-17-11-13(10-15-17)21(18,19)16-9-12(3)20-5-2/h10-12,14,16H,4-9H2,1-3H3. The van der Waals surface area contributed by atoms with E-state index in [9.17, 15) is 8.42 Å². The Balaban J connectivity index is 2.49. The first kappa shape index (κ1) is 18.1. The first-order chi connectivity index (χ1) is 9.99. The lowest BCUT2D eigenvalue weighted by Gasteiger charge is -2.12. The molecule has 8 heteroatoms. The molecular formula is C13H26N4O3S. The van der Waals surface area contributed by atoms with E-state index in [1.165, 1.54) is 6.20 Å². The Hall–Kier alpha value is -0.960. The first-order valence-corrected chi connectivity index (χ1v) is 8.82. The second kappa shape index (κ2) is 9.14. The summed E-state index contributed by atoms with van der Waals surface area (Å²) in [6, 6.07) is 0. The number of hydrogen-bond donors (Lipinski definition) is 2. The van der Waals surface area contributed by atoms with Crippen LogP contribution in [-0.2, 0) is 21.3 Å². The Morgan fingerprint density at radius 2 is 2.19 bits per heavy atom. The van der Waals surface area contributed by atoms with Crippen molar-refractivity contribution in [3.05, 3.63) is 12.4 Å². The molecule has 21 heavy (non-hydrogen) atoms. The molecule has 0 spiro atoms. The molecule has 1 aromatic rings. The number of aromatic nitrogens is 2. The van der Waals surface area contributed by atoms with E-state index in [2.05, 4.69) is 15.1 Å². The topological polar surface area (TPSA) is 85.2 Å². The van der Waals surface area contributed by atoms with E-state index in [1.54, 1.807) is 10.9 Å². The fraction of sp³-hybridized carbons (Fsp3) is 0.769. The molecule has 0 radical (unpaired) electrons. The second-order valence-electron chi connectivity index (χ2n) is 4.76. The van der Waals surface area contributed by atoms with Crippen LogP contribution in [0.5, 0.6) is 0 Å². The van der Waals surface area contributed by atoms with E-state index in [-0.39, 0.29) is 17.5 Å². The van der Waals surface area contributed by atoms with Crippen LogP contribution in [-0.4, -0.2) is 50.5 Å². The highest BCUT2D eigenvalue weighted by atomic mass is 32.2. The maximum atomic E-state index is 12.1. The van der Waals surface area contributed by atoms with E-state index in [0.29, 0.717) is 13.2 Å². The number of hydrogen-bond acceptors (Lipinski definition) is 5.